The lowest BCUT2D eigenvalue weighted by Gasteiger charge is -2.26. The zero-order valence-corrected chi connectivity index (χ0v) is 17.7. The number of benzene rings is 1. The number of para-hydroxylation sites is 1. The quantitative estimate of drug-likeness (QED) is 0.793. The molecule has 8 nitrogen and oxygen atoms in total. The zero-order valence-electron chi connectivity index (χ0n) is 16.9. The van der Waals surface area contributed by atoms with Gasteiger partial charge in [-0.3, -0.25) is 9.59 Å². The molecular weight excluding hydrogens is 392 g/mol. The number of rotatable bonds is 5. The largest absolute Gasteiger partial charge is 0.343 e. The van der Waals surface area contributed by atoms with Crippen LogP contribution in [-0.4, -0.2) is 66.1 Å². The molecule has 1 aliphatic rings. The molecule has 2 heterocycles. The lowest BCUT2D eigenvalue weighted by molar-refractivity contribution is -0.129. The zero-order chi connectivity index (χ0) is 21.3. The van der Waals surface area contributed by atoms with Gasteiger partial charge in [0.2, 0.25) is 5.91 Å². The van der Waals surface area contributed by atoms with Gasteiger partial charge in [0.25, 0.3) is 5.91 Å². The van der Waals surface area contributed by atoms with Crippen molar-refractivity contribution in [2.24, 2.45) is 0 Å². The summed E-state index contributed by atoms with van der Waals surface area (Å²) in [7, 11) is -3.04. The average Bonchev–Trinajstić information content (AvgIpc) is 3.23. The Hall–Kier alpha value is -2.68. The molecule has 2 amide bonds. The van der Waals surface area contributed by atoms with Crippen molar-refractivity contribution < 1.29 is 18.0 Å². The highest BCUT2D eigenvalue weighted by Gasteiger charge is 2.25. The molecule has 0 bridgehead atoms. The minimum absolute atomic E-state index is 0.0312. The third-order valence-corrected chi connectivity index (χ3v) is 6.07. The minimum atomic E-state index is -3.04. The number of nitrogens with zero attached hydrogens (tertiary/aromatic N) is 3. The van der Waals surface area contributed by atoms with Crippen molar-refractivity contribution in [1.29, 1.82) is 0 Å². The number of amides is 2. The molecule has 3 rings (SSSR count). The third-order valence-electron chi connectivity index (χ3n) is 4.46. The number of hydrogen-bond donors (Lipinski definition) is 1. The van der Waals surface area contributed by atoms with Crippen LogP contribution >= 0.6 is 0 Å². The maximum atomic E-state index is 12.1. The van der Waals surface area contributed by atoms with Gasteiger partial charge in [-0.2, -0.15) is 5.10 Å². The van der Waals surface area contributed by atoms with Crippen LogP contribution in [0.3, 0.4) is 0 Å². The molecule has 1 fully saturated rings. The van der Waals surface area contributed by atoms with Crippen LogP contribution < -0.4 is 5.32 Å². The van der Waals surface area contributed by atoms with Crippen LogP contribution in [0, 0.1) is 0 Å². The first-order valence-electron chi connectivity index (χ1n) is 9.72. The molecule has 9 heteroatoms. The Bertz CT molecular complexity index is 894. The fourth-order valence-corrected chi connectivity index (χ4v) is 3.69. The van der Waals surface area contributed by atoms with Crippen LogP contribution in [0.2, 0.25) is 0 Å². The van der Waals surface area contributed by atoms with Gasteiger partial charge < -0.3 is 10.2 Å². The third kappa shape index (κ3) is 7.01. The number of nitrogens with one attached hydrogen (secondary N) is 1. The van der Waals surface area contributed by atoms with Gasteiger partial charge in [-0.1, -0.05) is 44.9 Å². The van der Waals surface area contributed by atoms with Crippen LogP contribution in [0.15, 0.2) is 42.7 Å². The normalized spacial score (nSPS) is 15.2. The molecule has 0 atom stereocenters. The van der Waals surface area contributed by atoms with E-state index in [0.29, 0.717) is 5.56 Å². The summed E-state index contributed by atoms with van der Waals surface area (Å²) in [5, 5.41) is 6.68. The smallest absolute Gasteiger partial charge is 0.254 e. The fourth-order valence-electron chi connectivity index (χ4n) is 2.49. The first-order valence-corrected chi connectivity index (χ1v) is 11.5. The van der Waals surface area contributed by atoms with E-state index in [1.54, 1.807) is 10.9 Å². The Balaban J connectivity index is 0.000000687. The summed E-state index contributed by atoms with van der Waals surface area (Å²) in [6, 6.07) is 9.35. The number of unbranched alkanes of at least 4 members (excludes halogenated alkanes) is 1. The van der Waals surface area contributed by atoms with E-state index in [4.69, 9.17) is 0 Å². The van der Waals surface area contributed by atoms with Crippen LogP contribution in [0.4, 0.5) is 0 Å². The number of aromatic nitrogens is 2. The summed E-state index contributed by atoms with van der Waals surface area (Å²) in [6.45, 7) is 4.53. The fraction of sp³-hybridized carbons (Fsp3) is 0.450. The monoisotopic (exact) mass is 420 g/mol. The van der Waals surface area contributed by atoms with E-state index in [1.165, 1.54) is 23.9 Å². The second kappa shape index (κ2) is 10.8. The predicted molar refractivity (Wildman–Crippen MR) is 112 cm³/mol. The molecule has 158 valence electrons. The Morgan fingerprint density at radius 2 is 1.69 bits per heavy atom. The summed E-state index contributed by atoms with van der Waals surface area (Å²) in [5.41, 5.74) is 1.17. The lowest BCUT2D eigenvalue weighted by Crippen LogP contribution is -2.47. The molecule has 1 aromatic heterocycles. The van der Waals surface area contributed by atoms with E-state index >= 15 is 0 Å². The topological polar surface area (TPSA) is 101 Å². The van der Waals surface area contributed by atoms with E-state index in [2.05, 4.69) is 24.3 Å². The molecule has 0 saturated carbocycles. The second-order valence-electron chi connectivity index (χ2n) is 6.72. The number of hydrogen-bond acceptors (Lipinski definition) is 5. The van der Waals surface area contributed by atoms with Gasteiger partial charge in [0, 0.05) is 19.3 Å². The number of carbonyl (C=O) groups excluding carboxylic acids is 2. The highest BCUT2D eigenvalue weighted by Crippen LogP contribution is 2.08. The summed E-state index contributed by atoms with van der Waals surface area (Å²) in [6.07, 6.45) is 5.66. The van der Waals surface area contributed by atoms with Crippen molar-refractivity contribution >= 4 is 21.7 Å². The van der Waals surface area contributed by atoms with Gasteiger partial charge in [0.1, 0.15) is 0 Å². The molecule has 0 spiro atoms. The van der Waals surface area contributed by atoms with Crippen molar-refractivity contribution in [2.45, 2.75) is 26.7 Å². The van der Waals surface area contributed by atoms with E-state index in [1.807, 2.05) is 30.3 Å². The molecule has 0 aliphatic carbocycles. The van der Waals surface area contributed by atoms with E-state index < -0.39 is 15.7 Å². The minimum Gasteiger partial charge on any atom is -0.343 e. The maximum Gasteiger partial charge on any atom is 0.254 e. The molecular formula is C20H28N4O4S. The summed E-state index contributed by atoms with van der Waals surface area (Å²) in [4.78, 5) is 25.7. The van der Waals surface area contributed by atoms with Gasteiger partial charge in [0.05, 0.1) is 35.5 Å². The highest BCUT2D eigenvalue weighted by atomic mass is 32.2. The van der Waals surface area contributed by atoms with Crippen molar-refractivity contribution in [3.05, 3.63) is 48.3 Å². The van der Waals surface area contributed by atoms with Gasteiger partial charge in [-0.25, -0.2) is 13.1 Å². The van der Waals surface area contributed by atoms with Crippen molar-refractivity contribution in [1.82, 2.24) is 20.0 Å². The highest BCUT2D eigenvalue weighted by molar-refractivity contribution is 7.91. The SMILES string of the molecule is CCCC.O=C(NCC(=O)N1CCS(=O)(=O)CC1)c1cnn(-c2ccccc2)c1. The van der Waals surface area contributed by atoms with Crippen LogP contribution in [0.25, 0.3) is 5.69 Å². The lowest BCUT2D eigenvalue weighted by atomic mass is 10.3. The van der Waals surface area contributed by atoms with Crippen LogP contribution in [-0.2, 0) is 14.6 Å². The van der Waals surface area contributed by atoms with Gasteiger partial charge >= 0.3 is 0 Å². The number of carbonyl (C=O) groups is 2. The molecule has 0 unspecified atom stereocenters. The van der Waals surface area contributed by atoms with Crippen molar-refractivity contribution in [3.8, 4) is 5.69 Å². The Morgan fingerprint density at radius 1 is 1.07 bits per heavy atom. The molecule has 1 aliphatic heterocycles. The van der Waals surface area contributed by atoms with E-state index in [9.17, 15) is 18.0 Å². The average molecular weight is 421 g/mol. The van der Waals surface area contributed by atoms with Crippen LogP contribution in [0.1, 0.15) is 37.0 Å². The first-order chi connectivity index (χ1) is 13.9. The molecule has 1 aromatic carbocycles. The maximum absolute atomic E-state index is 12.1. The molecule has 29 heavy (non-hydrogen) atoms. The van der Waals surface area contributed by atoms with Crippen molar-refractivity contribution in [2.75, 3.05) is 31.1 Å². The molecule has 1 saturated heterocycles. The Morgan fingerprint density at radius 3 is 2.28 bits per heavy atom. The Labute approximate surface area is 171 Å². The Kier molecular flexibility index (Phi) is 8.38. The first kappa shape index (κ1) is 22.6. The van der Waals surface area contributed by atoms with Gasteiger partial charge in [-0.15, -0.1) is 0 Å². The van der Waals surface area contributed by atoms with Crippen LogP contribution in [0.5, 0.6) is 0 Å². The molecule has 0 radical (unpaired) electrons. The molecule has 2 aromatic rings. The second-order valence-corrected chi connectivity index (χ2v) is 9.03. The van der Waals surface area contributed by atoms with Gasteiger partial charge in [-0.05, 0) is 12.1 Å². The predicted octanol–water partition coefficient (Wildman–Crippen LogP) is 1.67. The van der Waals surface area contributed by atoms with E-state index in [0.717, 1.165) is 5.69 Å². The summed E-state index contributed by atoms with van der Waals surface area (Å²) >= 11 is 0. The summed E-state index contributed by atoms with van der Waals surface area (Å²) in [5.74, 6) is -0.758. The standard InChI is InChI=1S/C16H18N4O4S.C4H10/c21-15(19-6-8-25(23,24)9-7-19)11-17-16(22)13-10-18-20(12-13)14-4-2-1-3-5-14;1-3-4-2/h1-5,10,12H,6-9,11H2,(H,17,22);3-4H2,1-2H3. The summed E-state index contributed by atoms with van der Waals surface area (Å²) < 4.78 is 24.3. The number of sulfone groups is 1. The van der Waals surface area contributed by atoms with E-state index in [-0.39, 0.29) is 37.0 Å². The van der Waals surface area contributed by atoms with Crippen molar-refractivity contribution in [3.63, 3.8) is 0 Å². The molecule has 1 N–H and O–H groups in total. The van der Waals surface area contributed by atoms with Gasteiger partial charge in [0.15, 0.2) is 9.84 Å².